The topological polar surface area (TPSA) is 79.5 Å². The molecule has 0 bridgehead atoms. The van der Waals surface area contributed by atoms with Crippen molar-refractivity contribution < 1.29 is 4.79 Å². The lowest BCUT2D eigenvalue weighted by Gasteiger charge is -2.17. The number of pyridine rings is 3. The van der Waals surface area contributed by atoms with E-state index in [4.69, 9.17) is 5.26 Å². The van der Waals surface area contributed by atoms with Gasteiger partial charge in [-0.15, -0.1) is 0 Å². The molecule has 0 spiro atoms. The second kappa shape index (κ2) is 3.68. The molecule has 0 unspecified atom stereocenters. The molecule has 92 valence electrons. The predicted octanol–water partition coefficient (Wildman–Crippen LogP) is 2.11. The molecule has 4 rings (SSSR count). The van der Waals surface area contributed by atoms with E-state index < -0.39 is 0 Å². The molecular weight excluding hydrogens is 252 g/mol. The minimum absolute atomic E-state index is 0.226. The average molecular weight is 258 g/mol. The van der Waals surface area contributed by atoms with Gasteiger partial charge in [-0.05, 0) is 18.2 Å². The normalized spacial score (nSPS) is 12.1. The van der Waals surface area contributed by atoms with Crippen molar-refractivity contribution in [2.75, 3.05) is 0 Å². The third-order valence-electron chi connectivity index (χ3n) is 3.41. The minimum atomic E-state index is -0.226. The van der Waals surface area contributed by atoms with Crippen LogP contribution in [0.2, 0.25) is 0 Å². The fraction of sp³-hybridized carbons (Fsp3) is 0. The van der Waals surface area contributed by atoms with Gasteiger partial charge in [-0.25, -0.2) is 0 Å². The van der Waals surface area contributed by atoms with Gasteiger partial charge >= 0.3 is 0 Å². The van der Waals surface area contributed by atoms with Gasteiger partial charge in [0.1, 0.15) is 17.5 Å². The van der Waals surface area contributed by atoms with Gasteiger partial charge in [-0.3, -0.25) is 19.7 Å². The monoisotopic (exact) mass is 258 g/mol. The lowest BCUT2D eigenvalue weighted by molar-refractivity contribution is 0.103. The average Bonchev–Trinajstić information content (AvgIpc) is 2.52. The second-order valence-corrected chi connectivity index (χ2v) is 4.44. The zero-order valence-corrected chi connectivity index (χ0v) is 10.2. The first kappa shape index (κ1) is 10.8. The summed E-state index contributed by atoms with van der Waals surface area (Å²) in [6.07, 6.45) is 4.63. The molecule has 5 heteroatoms. The third kappa shape index (κ3) is 1.20. The molecule has 3 heterocycles. The lowest BCUT2D eigenvalue weighted by Crippen LogP contribution is -2.14. The highest BCUT2D eigenvalue weighted by atomic mass is 16.1. The summed E-state index contributed by atoms with van der Waals surface area (Å²) >= 11 is 0. The van der Waals surface area contributed by atoms with E-state index in [1.165, 1.54) is 12.4 Å². The number of nitriles is 1. The van der Waals surface area contributed by atoms with E-state index in [-0.39, 0.29) is 5.78 Å². The van der Waals surface area contributed by atoms with Crippen molar-refractivity contribution >= 4 is 16.6 Å². The molecule has 0 fully saturated rings. The van der Waals surface area contributed by atoms with Gasteiger partial charge in [0.05, 0.1) is 11.3 Å². The summed E-state index contributed by atoms with van der Waals surface area (Å²) in [5.74, 6) is -0.226. The Morgan fingerprint density at radius 2 is 1.85 bits per heavy atom. The molecule has 0 radical (unpaired) electrons. The van der Waals surface area contributed by atoms with Gasteiger partial charge in [-0.2, -0.15) is 5.26 Å². The molecule has 20 heavy (non-hydrogen) atoms. The van der Waals surface area contributed by atoms with Crippen LogP contribution in [0, 0.1) is 11.3 Å². The van der Waals surface area contributed by atoms with Crippen molar-refractivity contribution in [3.8, 4) is 17.3 Å². The summed E-state index contributed by atoms with van der Waals surface area (Å²) in [5, 5.41) is 10.5. The van der Waals surface area contributed by atoms with E-state index >= 15 is 0 Å². The zero-order valence-electron chi connectivity index (χ0n) is 10.2. The molecule has 1 aliphatic carbocycles. The Bertz CT molecular complexity index is 940. The Kier molecular flexibility index (Phi) is 1.98. The largest absolute Gasteiger partial charge is 0.285 e. The number of aromatic nitrogens is 3. The van der Waals surface area contributed by atoms with Crippen LogP contribution < -0.4 is 0 Å². The number of fused-ring (bicyclic) bond motifs is 2. The highest BCUT2D eigenvalue weighted by Crippen LogP contribution is 2.36. The number of rotatable bonds is 0. The van der Waals surface area contributed by atoms with E-state index in [2.05, 4.69) is 21.0 Å². The standard InChI is InChI=1S/C15H6N4O/c16-6-8-7-19-12-10-2-1-4-17-13(10)15(20)14-11(12)9(8)3-5-18-14/h1-5,7H. The van der Waals surface area contributed by atoms with Crippen LogP contribution in [0.15, 0.2) is 36.8 Å². The fourth-order valence-electron chi connectivity index (χ4n) is 2.54. The maximum Gasteiger partial charge on any atom is 0.231 e. The summed E-state index contributed by atoms with van der Waals surface area (Å²) in [7, 11) is 0. The molecular formula is C15H6N4O. The van der Waals surface area contributed by atoms with E-state index in [0.29, 0.717) is 39.0 Å². The maximum atomic E-state index is 12.5. The van der Waals surface area contributed by atoms with Crippen LogP contribution in [-0.4, -0.2) is 20.7 Å². The fourth-order valence-corrected chi connectivity index (χ4v) is 2.54. The second-order valence-electron chi connectivity index (χ2n) is 4.44. The van der Waals surface area contributed by atoms with Crippen molar-refractivity contribution in [3.63, 3.8) is 0 Å². The Hall–Kier alpha value is -3.13. The SMILES string of the molecule is N#Cc1cnc2c3c(nccc13)C(=O)c1ncccc1-2. The Balaban J connectivity index is 2.27. The summed E-state index contributed by atoms with van der Waals surface area (Å²) in [6, 6.07) is 7.40. The van der Waals surface area contributed by atoms with Gasteiger partial charge in [0.15, 0.2) is 0 Å². The number of ketones is 1. The molecule has 5 nitrogen and oxygen atoms in total. The van der Waals surface area contributed by atoms with Gasteiger partial charge in [0.25, 0.3) is 0 Å². The van der Waals surface area contributed by atoms with Crippen LogP contribution in [0.1, 0.15) is 21.7 Å². The van der Waals surface area contributed by atoms with E-state index in [0.717, 1.165) is 0 Å². The molecule has 0 aliphatic heterocycles. The first-order chi connectivity index (χ1) is 9.81. The summed E-state index contributed by atoms with van der Waals surface area (Å²) < 4.78 is 0. The third-order valence-corrected chi connectivity index (χ3v) is 3.41. The first-order valence-corrected chi connectivity index (χ1v) is 5.99. The van der Waals surface area contributed by atoms with Crippen molar-refractivity contribution in [1.29, 1.82) is 5.26 Å². The Morgan fingerprint density at radius 1 is 1.00 bits per heavy atom. The molecule has 0 amide bonds. The maximum absolute atomic E-state index is 12.5. The quantitative estimate of drug-likeness (QED) is 0.482. The molecule has 1 aliphatic rings. The van der Waals surface area contributed by atoms with Gasteiger partial charge < -0.3 is 0 Å². The van der Waals surface area contributed by atoms with Crippen molar-refractivity contribution in [2.24, 2.45) is 0 Å². The van der Waals surface area contributed by atoms with Crippen LogP contribution in [-0.2, 0) is 0 Å². The number of hydrogen-bond donors (Lipinski definition) is 0. The molecule has 0 saturated carbocycles. The Morgan fingerprint density at radius 3 is 2.70 bits per heavy atom. The summed E-state index contributed by atoms with van der Waals surface area (Å²) in [6.45, 7) is 0. The van der Waals surface area contributed by atoms with Crippen molar-refractivity contribution in [2.45, 2.75) is 0 Å². The van der Waals surface area contributed by atoms with Gasteiger partial charge in [-0.1, -0.05) is 0 Å². The number of carbonyl (C=O) groups is 1. The highest BCUT2D eigenvalue weighted by molar-refractivity contribution is 6.23. The minimum Gasteiger partial charge on any atom is -0.285 e. The molecule has 3 aromatic heterocycles. The van der Waals surface area contributed by atoms with Crippen LogP contribution in [0.3, 0.4) is 0 Å². The number of nitrogens with zero attached hydrogens (tertiary/aromatic N) is 4. The number of hydrogen-bond acceptors (Lipinski definition) is 5. The van der Waals surface area contributed by atoms with E-state index in [9.17, 15) is 4.79 Å². The summed E-state index contributed by atoms with van der Waals surface area (Å²) in [4.78, 5) is 25.1. The predicted molar refractivity (Wildman–Crippen MR) is 70.9 cm³/mol. The summed E-state index contributed by atoms with van der Waals surface area (Å²) in [5.41, 5.74) is 2.45. The van der Waals surface area contributed by atoms with Gasteiger partial charge in [0.2, 0.25) is 5.78 Å². The van der Waals surface area contributed by atoms with E-state index in [1.54, 1.807) is 18.3 Å². The van der Waals surface area contributed by atoms with Crippen molar-refractivity contribution in [1.82, 2.24) is 15.0 Å². The molecule has 0 aromatic carbocycles. The lowest BCUT2D eigenvalue weighted by atomic mass is 9.91. The Labute approximate surface area is 113 Å². The molecule has 0 atom stereocenters. The number of carbonyl (C=O) groups excluding carboxylic acids is 1. The molecule has 0 saturated heterocycles. The highest BCUT2D eigenvalue weighted by Gasteiger charge is 2.28. The molecule has 3 aromatic rings. The van der Waals surface area contributed by atoms with E-state index in [1.807, 2.05) is 6.07 Å². The van der Waals surface area contributed by atoms with Crippen LogP contribution in [0.25, 0.3) is 22.0 Å². The van der Waals surface area contributed by atoms with Crippen LogP contribution in [0.5, 0.6) is 0 Å². The van der Waals surface area contributed by atoms with Gasteiger partial charge in [0, 0.05) is 34.9 Å². The van der Waals surface area contributed by atoms with Crippen LogP contribution in [0.4, 0.5) is 0 Å². The van der Waals surface area contributed by atoms with Crippen LogP contribution >= 0.6 is 0 Å². The first-order valence-electron chi connectivity index (χ1n) is 5.99. The zero-order chi connectivity index (χ0) is 13.7. The molecule has 0 N–H and O–H groups in total. The van der Waals surface area contributed by atoms with Crippen molar-refractivity contribution in [3.05, 3.63) is 53.7 Å². The smallest absolute Gasteiger partial charge is 0.231 e.